The monoisotopic (exact) mass is 1020 g/mol. The Kier molecular flexibility index (Phi) is 60.5. The number of hydrogen-bond donors (Lipinski definition) is 3. The summed E-state index contributed by atoms with van der Waals surface area (Å²) in [7, 11) is 0. The molecule has 0 fully saturated rings. The van der Waals surface area contributed by atoms with Crippen LogP contribution in [-0.4, -0.2) is 47.4 Å². The summed E-state index contributed by atoms with van der Waals surface area (Å²) in [6, 6.07) is -0.638. The number of amides is 1. The van der Waals surface area contributed by atoms with E-state index in [4.69, 9.17) is 4.74 Å². The number of rotatable bonds is 60. The summed E-state index contributed by atoms with van der Waals surface area (Å²) in [5.74, 6) is -0.0977. The van der Waals surface area contributed by atoms with Gasteiger partial charge < -0.3 is 20.3 Å². The summed E-state index contributed by atoms with van der Waals surface area (Å²) >= 11 is 0. The molecule has 0 aliphatic rings. The first-order chi connectivity index (χ1) is 36.0. The van der Waals surface area contributed by atoms with Crippen molar-refractivity contribution < 1.29 is 24.5 Å². The van der Waals surface area contributed by atoms with Crippen molar-refractivity contribution in [2.45, 2.75) is 353 Å². The van der Waals surface area contributed by atoms with Crippen LogP contribution in [0.2, 0.25) is 0 Å². The zero-order chi connectivity index (χ0) is 52.9. The SMILES string of the molecule is CCCCCCCC/C=C\CCCCCCCC(=O)OCCCCC/C=C\C=C/CCCCCCCCCCCCC(=O)NC(CO)C(O)/C=C/CCCCCCCCCCCCCCCCCCCCCC. The van der Waals surface area contributed by atoms with Gasteiger partial charge >= 0.3 is 5.97 Å². The molecule has 3 N–H and O–H groups in total. The van der Waals surface area contributed by atoms with Crippen molar-refractivity contribution in [3.8, 4) is 0 Å². The second kappa shape index (κ2) is 62.4. The molecule has 0 rings (SSSR count). The van der Waals surface area contributed by atoms with Crippen molar-refractivity contribution in [1.29, 1.82) is 0 Å². The largest absolute Gasteiger partial charge is 0.466 e. The molecule has 0 spiro atoms. The van der Waals surface area contributed by atoms with E-state index >= 15 is 0 Å². The summed E-state index contributed by atoms with van der Waals surface area (Å²) < 4.78 is 5.45. The normalized spacial score (nSPS) is 12.9. The van der Waals surface area contributed by atoms with Crippen LogP contribution in [0.5, 0.6) is 0 Å². The van der Waals surface area contributed by atoms with E-state index in [9.17, 15) is 19.8 Å². The molecule has 0 radical (unpaired) electrons. The van der Waals surface area contributed by atoms with Gasteiger partial charge in [0.2, 0.25) is 5.91 Å². The smallest absolute Gasteiger partial charge is 0.305 e. The zero-order valence-corrected chi connectivity index (χ0v) is 48.9. The van der Waals surface area contributed by atoms with Crippen LogP contribution in [0.15, 0.2) is 48.6 Å². The Balaban J connectivity index is 3.51. The minimum absolute atomic E-state index is 0.0220. The van der Waals surface area contributed by atoms with Crippen LogP contribution in [0.4, 0.5) is 0 Å². The van der Waals surface area contributed by atoms with Crippen LogP contribution < -0.4 is 5.32 Å². The van der Waals surface area contributed by atoms with E-state index in [1.165, 1.54) is 238 Å². The van der Waals surface area contributed by atoms with Crippen molar-refractivity contribution in [2.24, 2.45) is 0 Å². The molecule has 0 aromatic rings. The molecule has 0 saturated heterocycles. The standard InChI is InChI=1S/C67H125NO5/c1-3-5-7-9-11-13-15-17-19-20-21-22-23-25-28-32-35-39-43-47-51-55-59-65(70)64(63-69)68-66(71)60-56-52-48-44-40-36-33-29-26-24-27-30-34-38-42-46-50-54-58-62-73-67(72)61-57-53-49-45-41-37-31-18-16-14-12-10-8-6-4-2/h18,30-31,34,38,42,55,59,64-65,69-70H,3-17,19-29,32-33,35-37,39-41,43-54,56-58,60-63H2,1-2H3,(H,68,71)/b31-18-,34-30-,42-38-,59-55+. The first-order valence-corrected chi connectivity index (χ1v) is 32.4. The van der Waals surface area contributed by atoms with Crippen LogP contribution in [0.25, 0.3) is 0 Å². The van der Waals surface area contributed by atoms with Gasteiger partial charge in [0.15, 0.2) is 0 Å². The van der Waals surface area contributed by atoms with Gasteiger partial charge in [0, 0.05) is 12.8 Å². The molecular formula is C67H125NO5. The van der Waals surface area contributed by atoms with Crippen molar-refractivity contribution in [2.75, 3.05) is 13.2 Å². The molecule has 2 atom stereocenters. The lowest BCUT2D eigenvalue weighted by atomic mass is 10.0. The van der Waals surface area contributed by atoms with Gasteiger partial charge in [-0.05, 0) is 89.9 Å². The minimum atomic E-state index is -0.853. The average Bonchev–Trinajstić information content (AvgIpc) is 3.39. The third kappa shape index (κ3) is 58.9. The Morgan fingerprint density at radius 1 is 0.384 bits per heavy atom. The van der Waals surface area contributed by atoms with E-state index in [1.807, 2.05) is 6.08 Å². The van der Waals surface area contributed by atoms with Crippen LogP contribution in [0.1, 0.15) is 341 Å². The van der Waals surface area contributed by atoms with Crippen LogP contribution in [0, 0.1) is 0 Å². The van der Waals surface area contributed by atoms with Gasteiger partial charge in [0.1, 0.15) is 0 Å². The number of esters is 1. The van der Waals surface area contributed by atoms with Gasteiger partial charge in [-0.2, -0.15) is 0 Å². The van der Waals surface area contributed by atoms with Gasteiger partial charge in [-0.3, -0.25) is 9.59 Å². The fourth-order valence-corrected chi connectivity index (χ4v) is 9.86. The first kappa shape index (κ1) is 70.8. The van der Waals surface area contributed by atoms with Crippen LogP contribution in [-0.2, 0) is 14.3 Å². The molecule has 0 aromatic carbocycles. The van der Waals surface area contributed by atoms with Gasteiger partial charge in [-0.15, -0.1) is 0 Å². The fourth-order valence-electron chi connectivity index (χ4n) is 9.86. The van der Waals surface area contributed by atoms with Crippen molar-refractivity contribution in [3.05, 3.63) is 48.6 Å². The number of unbranched alkanes of at least 4 members (excludes halogenated alkanes) is 44. The molecule has 2 unspecified atom stereocenters. The van der Waals surface area contributed by atoms with Crippen LogP contribution >= 0.6 is 0 Å². The number of allylic oxidation sites excluding steroid dienone is 7. The van der Waals surface area contributed by atoms with E-state index in [0.717, 1.165) is 77.0 Å². The summed E-state index contributed by atoms with van der Waals surface area (Å²) in [6.45, 7) is 4.87. The molecule has 0 aliphatic carbocycles. The maximum absolute atomic E-state index is 12.5. The van der Waals surface area contributed by atoms with Gasteiger partial charge in [0.05, 0.1) is 25.4 Å². The lowest BCUT2D eigenvalue weighted by Gasteiger charge is -2.20. The van der Waals surface area contributed by atoms with Crippen LogP contribution in [0.3, 0.4) is 0 Å². The maximum Gasteiger partial charge on any atom is 0.305 e. The second-order valence-corrected chi connectivity index (χ2v) is 22.1. The molecular weight excluding hydrogens is 899 g/mol. The Morgan fingerprint density at radius 3 is 1.05 bits per heavy atom. The van der Waals surface area contributed by atoms with E-state index in [-0.39, 0.29) is 18.5 Å². The van der Waals surface area contributed by atoms with Gasteiger partial charge in [-0.25, -0.2) is 0 Å². The third-order valence-electron chi connectivity index (χ3n) is 14.8. The van der Waals surface area contributed by atoms with E-state index < -0.39 is 12.1 Å². The Labute approximate surface area is 455 Å². The molecule has 0 bridgehead atoms. The zero-order valence-electron chi connectivity index (χ0n) is 48.9. The molecule has 6 nitrogen and oxygen atoms in total. The number of aliphatic hydroxyl groups excluding tert-OH is 2. The summed E-state index contributed by atoms with van der Waals surface area (Å²) in [6.07, 6.45) is 80.1. The maximum atomic E-state index is 12.5. The number of aliphatic hydroxyl groups is 2. The summed E-state index contributed by atoms with van der Waals surface area (Å²) in [5.41, 5.74) is 0. The molecule has 0 aromatic heterocycles. The lowest BCUT2D eigenvalue weighted by molar-refractivity contribution is -0.143. The van der Waals surface area contributed by atoms with E-state index in [1.54, 1.807) is 6.08 Å². The molecule has 73 heavy (non-hydrogen) atoms. The highest BCUT2D eigenvalue weighted by atomic mass is 16.5. The van der Waals surface area contributed by atoms with E-state index in [0.29, 0.717) is 19.4 Å². The van der Waals surface area contributed by atoms with Crippen molar-refractivity contribution in [1.82, 2.24) is 5.32 Å². The number of hydrogen-bond acceptors (Lipinski definition) is 5. The summed E-state index contributed by atoms with van der Waals surface area (Å²) in [5, 5.41) is 23.2. The molecule has 428 valence electrons. The highest BCUT2D eigenvalue weighted by Crippen LogP contribution is 2.17. The predicted molar refractivity (Wildman–Crippen MR) is 319 cm³/mol. The Hall–Kier alpha value is -2.18. The quantitative estimate of drug-likeness (QED) is 0.0244. The molecule has 6 heteroatoms. The Morgan fingerprint density at radius 2 is 0.685 bits per heavy atom. The minimum Gasteiger partial charge on any atom is -0.466 e. The lowest BCUT2D eigenvalue weighted by Crippen LogP contribution is -2.45. The fraction of sp³-hybridized carbons (Fsp3) is 0.851. The third-order valence-corrected chi connectivity index (χ3v) is 14.8. The molecule has 0 aliphatic heterocycles. The first-order valence-electron chi connectivity index (χ1n) is 32.4. The highest BCUT2D eigenvalue weighted by Gasteiger charge is 2.18. The Bertz CT molecular complexity index is 1230. The number of nitrogens with one attached hydrogen (secondary N) is 1. The van der Waals surface area contributed by atoms with E-state index in [2.05, 4.69) is 55.6 Å². The number of ether oxygens (including phenoxy) is 1. The van der Waals surface area contributed by atoms with Crippen molar-refractivity contribution in [3.63, 3.8) is 0 Å². The highest BCUT2D eigenvalue weighted by molar-refractivity contribution is 5.76. The second-order valence-electron chi connectivity index (χ2n) is 22.1. The molecule has 1 amide bonds. The van der Waals surface area contributed by atoms with Crippen molar-refractivity contribution >= 4 is 11.9 Å². The number of carbonyl (C=O) groups excluding carboxylic acids is 2. The van der Waals surface area contributed by atoms with Gasteiger partial charge in [0.25, 0.3) is 0 Å². The average molecular weight is 1020 g/mol. The topological polar surface area (TPSA) is 95.9 Å². The predicted octanol–water partition coefficient (Wildman–Crippen LogP) is 20.5. The van der Waals surface area contributed by atoms with Gasteiger partial charge in [-0.1, -0.05) is 287 Å². The molecule has 0 heterocycles. The summed E-state index contributed by atoms with van der Waals surface area (Å²) in [4.78, 5) is 24.6. The number of carbonyl (C=O) groups is 2. The molecule has 0 saturated carbocycles.